The molecule has 0 aliphatic heterocycles. The molecule has 1 aromatic heterocycles. The fraction of sp³-hybridized carbons (Fsp3) is 0.483. The predicted molar refractivity (Wildman–Crippen MR) is 140 cm³/mol. The molecule has 1 aliphatic carbocycles. The van der Waals surface area contributed by atoms with E-state index < -0.39 is 0 Å². The number of ether oxygens (including phenoxy) is 1. The van der Waals surface area contributed by atoms with E-state index in [4.69, 9.17) is 9.72 Å². The highest BCUT2D eigenvalue weighted by Crippen LogP contribution is 2.30. The van der Waals surface area contributed by atoms with Crippen LogP contribution in [0, 0.1) is 19.8 Å². The molecular weight excluding hydrogens is 438 g/mol. The van der Waals surface area contributed by atoms with Crippen LogP contribution in [-0.2, 0) is 9.53 Å². The Morgan fingerprint density at radius 3 is 2.57 bits per heavy atom. The van der Waals surface area contributed by atoms with Gasteiger partial charge in [0.05, 0.1) is 22.6 Å². The summed E-state index contributed by atoms with van der Waals surface area (Å²) in [6, 6.07) is 13.1. The summed E-state index contributed by atoms with van der Waals surface area (Å²) >= 11 is 0. The number of fused-ring (bicyclic) bond motifs is 1. The van der Waals surface area contributed by atoms with Crippen molar-refractivity contribution in [3.05, 3.63) is 69.8 Å². The quantitative estimate of drug-likeness (QED) is 0.403. The van der Waals surface area contributed by atoms with Crippen LogP contribution >= 0.6 is 0 Å². The van der Waals surface area contributed by atoms with Gasteiger partial charge in [-0.2, -0.15) is 0 Å². The summed E-state index contributed by atoms with van der Waals surface area (Å²) in [6.45, 7) is 7.26. The first-order chi connectivity index (χ1) is 16.9. The van der Waals surface area contributed by atoms with Gasteiger partial charge in [0.2, 0.25) is 5.91 Å². The average molecular weight is 476 g/mol. The Bertz CT molecular complexity index is 1240. The van der Waals surface area contributed by atoms with Gasteiger partial charge in [-0.3, -0.25) is 14.2 Å². The summed E-state index contributed by atoms with van der Waals surface area (Å²) < 4.78 is 6.99. The van der Waals surface area contributed by atoms with Gasteiger partial charge < -0.3 is 9.64 Å². The maximum absolute atomic E-state index is 13.8. The van der Waals surface area contributed by atoms with E-state index in [1.807, 2.05) is 61.2 Å². The summed E-state index contributed by atoms with van der Waals surface area (Å²) in [5.41, 5.74) is 3.60. The average Bonchev–Trinajstić information content (AvgIpc) is 2.88. The number of aryl methyl sites for hydroxylation is 2. The second-order valence-corrected chi connectivity index (χ2v) is 9.79. The minimum absolute atomic E-state index is 0.0380. The number of benzene rings is 2. The third kappa shape index (κ3) is 5.32. The van der Waals surface area contributed by atoms with Crippen LogP contribution in [0.4, 0.5) is 0 Å². The zero-order chi connectivity index (χ0) is 24.9. The minimum Gasteiger partial charge on any atom is -0.385 e. The third-order valence-corrected chi connectivity index (χ3v) is 7.38. The molecule has 0 N–H and O–H groups in total. The van der Waals surface area contributed by atoms with Gasteiger partial charge in [-0.15, -0.1) is 0 Å². The molecule has 3 aromatic rings. The fourth-order valence-electron chi connectivity index (χ4n) is 5.14. The van der Waals surface area contributed by atoms with Crippen LogP contribution in [0.25, 0.3) is 16.6 Å². The predicted octanol–water partition coefficient (Wildman–Crippen LogP) is 5.51. The number of hydrogen-bond acceptors (Lipinski definition) is 4. The molecule has 6 nitrogen and oxygen atoms in total. The van der Waals surface area contributed by atoms with Crippen molar-refractivity contribution in [2.45, 2.75) is 65.3 Å². The van der Waals surface area contributed by atoms with Gasteiger partial charge in [-0.1, -0.05) is 37.5 Å². The Balaban J connectivity index is 1.85. The number of rotatable bonds is 8. The van der Waals surface area contributed by atoms with Crippen LogP contribution in [0.5, 0.6) is 0 Å². The summed E-state index contributed by atoms with van der Waals surface area (Å²) in [5.74, 6) is 0.803. The van der Waals surface area contributed by atoms with E-state index in [9.17, 15) is 9.59 Å². The van der Waals surface area contributed by atoms with Gasteiger partial charge in [0.1, 0.15) is 5.82 Å². The molecule has 0 saturated heterocycles. The van der Waals surface area contributed by atoms with Crippen LogP contribution in [0.15, 0.2) is 47.3 Å². The molecule has 1 atom stereocenters. The van der Waals surface area contributed by atoms with Crippen molar-refractivity contribution < 1.29 is 9.53 Å². The second-order valence-electron chi connectivity index (χ2n) is 9.79. The molecule has 0 spiro atoms. The zero-order valence-corrected chi connectivity index (χ0v) is 21.4. The van der Waals surface area contributed by atoms with Gasteiger partial charge in [-0.05, 0) is 75.4 Å². The van der Waals surface area contributed by atoms with Crippen LogP contribution in [0.1, 0.15) is 68.4 Å². The van der Waals surface area contributed by atoms with Crippen molar-refractivity contribution in [3.63, 3.8) is 0 Å². The third-order valence-electron chi connectivity index (χ3n) is 7.38. The number of nitrogens with zero attached hydrogens (tertiary/aromatic N) is 3. The second kappa shape index (κ2) is 11.2. The Kier molecular flexibility index (Phi) is 8.01. The standard InChI is InChI=1S/C29H37N3O3/c1-20-15-16-24(19-21(20)2)32-27(30-26-14-9-8-13-25(26)29(32)34)22(3)31(17-10-18-35-4)28(33)23-11-6-5-7-12-23/h8-9,13-16,19,22-23H,5-7,10-12,17-18H2,1-4H3. The van der Waals surface area contributed by atoms with Gasteiger partial charge in [0.15, 0.2) is 0 Å². The Hall–Kier alpha value is -2.99. The molecule has 35 heavy (non-hydrogen) atoms. The number of carbonyl (C=O) groups is 1. The highest BCUT2D eigenvalue weighted by molar-refractivity contribution is 5.80. The number of aromatic nitrogens is 2. The Labute approximate surface area is 207 Å². The molecule has 0 bridgehead atoms. The van der Waals surface area contributed by atoms with Crippen LogP contribution in [-0.4, -0.2) is 40.6 Å². The molecule has 0 radical (unpaired) electrons. The molecule has 1 fully saturated rings. The van der Waals surface area contributed by atoms with E-state index in [2.05, 4.69) is 6.92 Å². The fourth-order valence-corrected chi connectivity index (χ4v) is 5.14. The molecule has 4 rings (SSSR count). The molecule has 1 saturated carbocycles. The Morgan fingerprint density at radius 1 is 1.11 bits per heavy atom. The van der Waals surface area contributed by atoms with E-state index in [1.165, 1.54) is 12.0 Å². The lowest BCUT2D eigenvalue weighted by molar-refractivity contribution is -0.139. The molecule has 1 heterocycles. The molecule has 1 unspecified atom stereocenters. The van der Waals surface area contributed by atoms with Crippen molar-refractivity contribution in [1.29, 1.82) is 0 Å². The maximum Gasteiger partial charge on any atom is 0.266 e. The van der Waals surface area contributed by atoms with Crippen LogP contribution in [0.2, 0.25) is 0 Å². The van der Waals surface area contributed by atoms with Crippen molar-refractivity contribution in [2.75, 3.05) is 20.3 Å². The molecule has 1 amide bonds. The van der Waals surface area contributed by atoms with E-state index in [0.29, 0.717) is 29.9 Å². The number of carbonyl (C=O) groups excluding carboxylic acids is 1. The highest BCUT2D eigenvalue weighted by Gasteiger charge is 2.31. The first-order valence-electron chi connectivity index (χ1n) is 12.8. The molecular formula is C29H37N3O3. The zero-order valence-electron chi connectivity index (χ0n) is 21.4. The maximum atomic E-state index is 13.8. The first kappa shape index (κ1) is 25.1. The number of para-hydroxylation sites is 1. The van der Waals surface area contributed by atoms with E-state index >= 15 is 0 Å². The van der Waals surface area contributed by atoms with Gasteiger partial charge in [-0.25, -0.2) is 4.98 Å². The molecule has 186 valence electrons. The number of methoxy groups -OCH3 is 1. The van der Waals surface area contributed by atoms with Crippen LogP contribution in [0.3, 0.4) is 0 Å². The SMILES string of the molecule is COCCCN(C(=O)C1CCCCC1)C(C)c1nc2ccccc2c(=O)n1-c1ccc(C)c(C)c1. The lowest BCUT2D eigenvalue weighted by Crippen LogP contribution is -2.42. The van der Waals surface area contributed by atoms with E-state index in [-0.39, 0.29) is 23.4 Å². The number of amides is 1. The first-order valence-corrected chi connectivity index (χ1v) is 12.8. The summed E-state index contributed by atoms with van der Waals surface area (Å²) in [5, 5.41) is 0.575. The smallest absolute Gasteiger partial charge is 0.266 e. The van der Waals surface area contributed by atoms with Crippen LogP contribution < -0.4 is 5.56 Å². The van der Waals surface area contributed by atoms with E-state index in [0.717, 1.165) is 43.4 Å². The number of hydrogen-bond donors (Lipinski definition) is 0. The minimum atomic E-state index is -0.361. The van der Waals surface area contributed by atoms with Crippen molar-refractivity contribution >= 4 is 16.8 Å². The van der Waals surface area contributed by atoms with Crippen molar-refractivity contribution in [1.82, 2.24) is 14.5 Å². The Morgan fingerprint density at radius 2 is 1.86 bits per heavy atom. The summed E-state index contributed by atoms with van der Waals surface area (Å²) in [7, 11) is 1.68. The van der Waals surface area contributed by atoms with Gasteiger partial charge in [0.25, 0.3) is 5.56 Å². The van der Waals surface area contributed by atoms with Crippen molar-refractivity contribution in [3.8, 4) is 5.69 Å². The lowest BCUT2D eigenvalue weighted by Gasteiger charge is -2.34. The van der Waals surface area contributed by atoms with E-state index in [1.54, 1.807) is 11.7 Å². The highest BCUT2D eigenvalue weighted by atomic mass is 16.5. The summed E-state index contributed by atoms with van der Waals surface area (Å²) in [4.78, 5) is 34.5. The van der Waals surface area contributed by atoms with Gasteiger partial charge in [0, 0.05) is 26.2 Å². The topological polar surface area (TPSA) is 64.4 Å². The molecule has 1 aliphatic rings. The largest absolute Gasteiger partial charge is 0.385 e. The molecule has 6 heteroatoms. The lowest BCUT2D eigenvalue weighted by atomic mass is 9.88. The van der Waals surface area contributed by atoms with Crippen molar-refractivity contribution in [2.24, 2.45) is 5.92 Å². The normalized spacial score (nSPS) is 15.3. The summed E-state index contributed by atoms with van der Waals surface area (Å²) in [6.07, 6.45) is 5.99. The van der Waals surface area contributed by atoms with Gasteiger partial charge >= 0.3 is 0 Å². The molecule has 2 aromatic carbocycles. The monoisotopic (exact) mass is 475 g/mol.